The summed E-state index contributed by atoms with van der Waals surface area (Å²) in [5, 5.41) is 8.34. The molecule has 0 spiro atoms. The van der Waals surface area contributed by atoms with Crippen LogP contribution in [0.4, 0.5) is 17.2 Å². The fraction of sp³-hybridized carbons (Fsp3) is 0.185. The number of nitrogens with one attached hydrogen (secondary N) is 2. The van der Waals surface area contributed by atoms with Gasteiger partial charge in [-0.15, -0.1) is 0 Å². The summed E-state index contributed by atoms with van der Waals surface area (Å²) < 4.78 is 0. The summed E-state index contributed by atoms with van der Waals surface area (Å²) in [7, 11) is 0. The smallest absolute Gasteiger partial charge is 0.259 e. The van der Waals surface area contributed by atoms with Crippen molar-refractivity contribution in [3.8, 4) is 0 Å². The van der Waals surface area contributed by atoms with Gasteiger partial charge in [0.2, 0.25) is 5.91 Å². The van der Waals surface area contributed by atoms with Crippen molar-refractivity contribution in [1.29, 1.82) is 0 Å². The lowest BCUT2D eigenvalue weighted by molar-refractivity contribution is -0.130. The molecule has 0 radical (unpaired) electrons. The van der Waals surface area contributed by atoms with Crippen molar-refractivity contribution >= 4 is 39.8 Å². The van der Waals surface area contributed by atoms with Crippen LogP contribution < -0.4 is 10.6 Å². The summed E-state index contributed by atoms with van der Waals surface area (Å²) in [4.78, 5) is 35.5. The van der Waals surface area contributed by atoms with Gasteiger partial charge in [-0.2, -0.15) is 0 Å². The lowest BCUT2D eigenvalue weighted by Gasteiger charge is -2.32. The minimum absolute atomic E-state index is 0.0579. The Hall–Kier alpha value is -4.26. The Bertz CT molecular complexity index is 1400. The quantitative estimate of drug-likeness (QED) is 0.451. The van der Waals surface area contributed by atoms with E-state index >= 15 is 0 Å². The molecule has 0 saturated heterocycles. The summed E-state index contributed by atoms with van der Waals surface area (Å²) in [6.07, 6.45) is 5.21. The van der Waals surface area contributed by atoms with Crippen LogP contribution in [0.1, 0.15) is 41.3 Å². The number of benzene rings is 2. The van der Waals surface area contributed by atoms with Gasteiger partial charge < -0.3 is 15.5 Å². The van der Waals surface area contributed by atoms with Gasteiger partial charge in [-0.05, 0) is 64.9 Å². The summed E-state index contributed by atoms with van der Waals surface area (Å²) in [5.74, 6) is 0.522. The molecule has 4 aromatic rings. The lowest BCUT2D eigenvalue weighted by atomic mass is 9.90. The number of carbonyl (C=O) groups is 2. The van der Waals surface area contributed by atoms with Gasteiger partial charge in [-0.1, -0.05) is 19.1 Å². The molecule has 1 aliphatic rings. The molecule has 3 heterocycles. The van der Waals surface area contributed by atoms with Crippen LogP contribution in [0, 0.1) is 0 Å². The highest BCUT2D eigenvalue weighted by Crippen LogP contribution is 2.30. The predicted molar refractivity (Wildman–Crippen MR) is 133 cm³/mol. The molecule has 0 aliphatic carbocycles. The normalized spacial score (nSPS) is 15.0. The van der Waals surface area contributed by atoms with E-state index in [1.807, 2.05) is 47.4 Å². The summed E-state index contributed by atoms with van der Waals surface area (Å²) >= 11 is 0. The molecule has 2 aromatic heterocycles. The van der Waals surface area contributed by atoms with Crippen molar-refractivity contribution in [1.82, 2.24) is 14.9 Å². The van der Waals surface area contributed by atoms with E-state index in [-0.39, 0.29) is 17.7 Å². The van der Waals surface area contributed by atoms with Crippen molar-refractivity contribution in [2.24, 2.45) is 0 Å². The van der Waals surface area contributed by atoms with Gasteiger partial charge >= 0.3 is 0 Å². The van der Waals surface area contributed by atoms with Crippen LogP contribution in [-0.2, 0) is 11.3 Å². The number of hydrogen-bond acceptors (Lipinski definition) is 5. The summed E-state index contributed by atoms with van der Waals surface area (Å²) in [5.41, 5.74) is 4.21. The van der Waals surface area contributed by atoms with Gasteiger partial charge in [0.05, 0.1) is 5.56 Å². The van der Waals surface area contributed by atoms with Crippen molar-refractivity contribution in [3.63, 3.8) is 0 Å². The topological polar surface area (TPSA) is 87.2 Å². The molecule has 1 atom stereocenters. The molecule has 2 aromatic carbocycles. The first kappa shape index (κ1) is 21.6. The van der Waals surface area contributed by atoms with Crippen LogP contribution in [0.2, 0.25) is 0 Å². The Morgan fingerprint density at radius 3 is 2.71 bits per heavy atom. The van der Waals surface area contributed by atoms with E-state index in [1.54, 1.807) is 37.6 Å². The Labute approximate surface area is 197 Å². The number of aromatic nitrogens is 2. The molecule has 7 nitrogen and oxygen atoms in total. The second-order valence-corrected chi connectivity index (χ2v) is 8.63. The number of anilines is 3. The predicted octanol–water partition coefficient (Wildman–Crippen LogP) is 5.09. The van der Waals surface area contributed by atoms with Gasteiger partial charge in [0.25, 0.3) is 5.91 Å². The second-order valence-electron chi connectivity index (χ2n) is 8.63. The van der Waals surface area contributed by atoms with E-state index in [1.165, 1.54) is 5.56 Å². The van der Waals surface area contributed by atoms with E-state index in [0.29, 0.717) is 30.2 Å². The fourth-order valence-electron chi connectivity index (χ4n) is 4.43. The maximum atomic E-state index is 13.2. The van der Waals surface area contributed by atoms with Crippen LogP contribution in [0.5, 0.6) is 0 Å². The zero-order chi connectivity index (χ0) is 23.7. The molecular formula is C27H25N5O2. The lowest BCUT2D eigenvalue weighted by Crippen LogP contribution is -2.36. The highest BCUT2D eigenvalue weighted by atomic mass is 16.2. The number of amides is 2. The average molecular weight is 452 g/mol. The first-order valence-electron chi connectivity index (χ1n) is 11.2. The Kier molecular flexibility index (Phi) is 5.67. The van der Waals surface area contributed by atoms with E-state index < -0.39 is 0 Å². The van der Waals surface area contributed by atoms with Gasteiger partial charge in [-0.25, -0.2) is 4.98 Å². The zero-order valence-electron chi connectivity index (χ0n) is 19.1. The van der Waals surface area contributed by atoms with Crippen LogP contribution >= 0.6 is 0 Å². The van der Waals surface area contributed by atoms with Crippen LogP contribution in [0.15, 0.2) is 73.2 Å². The van der Waals surface area contributed by atoms with Gasteiger partial charge in [0.1, 0.15) is 5.82 Å². The van der Waals surface area contributed by atoms with E-state index in [4.69, 9.17) is 0 Å². The minimum atomic E-state index is -0.259. The van der Waals surface area contributed by atoms with Crippen molar-refractivity contribution < 1.29 is 9.59 Å². The largest absolute Gasteiger partial charge is 0.340 e. The van der Waals surface area contributed by atoms with Crippen molar-refractivity contribution in [2.75, 3.05) is 17.2 Å². The third-order valence-corrected chi connectivity index (χ3v) is 6.19. The molecular weight excluding hydrogens is 426 g/mol. The standard InChI is InChI=1S/C27H25N5O2/c1-17-15-32(18(2)33)16-21-13-23(7-8-24(17)21)31-27(34)25-4-3-10-29-26(25)30-22-6-5-19-9-11-28-14-20(19)12-22/h3-14,17H,15-16H2,1-2H3,(H,29,30)(H,31,34). The summed E-state index contributed by atoms with van der Waals surface area (Å²) in [6, 6.07) is 17.3. The van der Waals surface area contributed by atoms with Crippen molar-refractivity contribution in [3.05, 3.63) is 89.9 Å². The zero-order valence-corrected chi connectivity index (χ0v) is 19.1. The molecule has 1 aliphatic heterocycles. The third-order valence-electron chi connectivity index (χ3n) is 6.19. The van der Waals surface area contributed by atoms with E-state index in [9.17, 15) is 9.59 Å². The van der Waals surface area contributed by atoms with Crippen molar-refractivity contribution in [2.45, 2.75) is 26.3 Å². The first-order chi connectivity index (χ1) is 16.5. The highest BCUT2D eigenvalue weighted by Gasteiger charge is 2.24. The number of hydrogen-bond donors (Lipinski definition) is 2. The Balaban J connectivity index is 1.38. The van der Waals surface area contributed by atoms with E-state index in [2.05, 4.69) is 27.5 Å². The number of pyridine rings is 2. The molecule has 0 fully saturated rings. The first-order valence-corrected chi connectivity index (χ1v) is 11.2. The van der Waals surface area contributed by atoms with Gasteiger partial charge in [0.15, 0.2) is 0 Å². The number of carbonyl (C=O) groups excluding carboxylic acids is 2. The van der Waals surface area contributed by atoms with Gasteiger partial charge in [-0.3, -0.25) is 14.6 Å². The maximum Gasteiger partial charge on any atom is 0.259 e. The summed E-state index contributed by atoms with van der Waals surface area (Å²) in [6.45, 7) is 4.97. The number of rotatable bonds is 4. The third kappa shape index (κ3) is 4.32. The Morgan fingerprint density at radius 1 is 1.00 bits per heavy atom. The van der Waals surface area contributed by atoms with Crippen LogP contribution in [0.3, 0.4) is 0 Å². The maximum absolute atomic E-state index is 13.2. The van der Waals surface area contributed by atoms with Crippen LogP contribution in [0.25, 0.3) is 10.8 Å². The Morgan fingerprint density at radius 2 is 1.85 bits per heavy atom. The van der Waals surface area contributed by atoms with E-state index in [0.717, 1.165) is 22.0 Å². The average Bonchev–Trinajstić information content (AvgIpc) is 2.84. The molecule has 2 amide bonds. The minimum Gasteiger partial charge on any atom is -0.340 e. The SMILES string of the molecule is CC(=O)N1Cc2cc(NC(=O)c3cccnc3Nc3ccc4ccncc4c3)ccc2C(C)C1. The molecule has 0 bridgehead atoms. The molecule has 34 heavy (non-hydrogen) atoms. The molecule has 7 heteroatoms. The number of fused-ring (bicyclic) bond motifs is 2. The van der Waals surface area contributed by atoms with Crippen LogP contribution in [-0.4, -0.2) is 33.2 Å². The molecule has 0 saturated carbocycles. The number of nitrogens with zero attached hydrogens (tertiary/aromatic N) is 3. The molecule has 1 unspecified atom stereocenters. The monoisotopic (exact) mass is 451 g/mol. The molecule has 170 valence electrons. The molecule has 5 rings (SSSR count). The second kappa shape index (κ2) is 8.94. The molecule has 2 N–H and O–H groups in total. The fourth-order valence-corrected chi connectivity index (χ4v) is 4.43. The highest BCUT2D eigenvalue weighted by molar-refractivity contribution is 6.08. The van der Waals surface area contributed by atoms with Gasteiger partial charge in [0, 0.05) is 55.4 Å².